The predicted octanol–water partition coefficient (Wildman–Crippen LogP) is 4.22. The Hall–Kier alpha value is -3.08. The van der Waals surface area contributed by atoms with Gasteiger partial charge in [-0.25, -0.2) is 9.97 Å². The molecule has 0 aliphatic rings. The summed E-state index contributed by atoms with van der Waals surface area (Å²) in [5, 5.41) is 3.40. The van der Waals surface area contributed by atoms with Gasteiger partial charge in [-0.1, -0.05) is 30.3 Å². The molecule has 0 spiro atoms. The predicted molar refractivity (Wildman–Crippen MR) is 106 cm³/mol. The third-order valence-electron chi connectivity index (χ3n) is 4.17. The number of nitrogens with zero attached hydrogens (tertiary/aromatic N) is 3. The van der Waals surface area contributed by atoms with Crippen molar-refractivity contribution in [3.8, 4) is 5.75 Å². The molecule has 2 aromatic carbocycles. The summed E-state index contributed by atoms with van der Waals surface area (Å²) in [6, 6.07) is 20.3. The summed E-state index contributed by atoms with van der Waals surface area (Å²) >= 11 is 0. The Balaban J connectivity index is 1.67. The van der Waals surface area contributed by atoms with E-state index < -0.39 is 0 Å². The van der Waals surface area contributed by atoms with Gasteiger partial charge in [-0.3, -0.25) is 0 Å². The van der Waals surface area contributed by atoms with E-state index in [0.717, 1.165) is 41.9 Å². The maximum absolute atomic E-state index is 5.27. The molecule has 0 fully saturated rings. The standard InChI is InChI=1S/C21H24N4O/c1-16-23-20(22-13-12-17-8-7-11-19(14-17)26-3)15-21(24-16)25(2)18-9-5-4-6-10-18/h4-11,14-15H,12-13H2,1-3H3,(H,22,23,24). The van der Waals surface area contributed by atoms with Crippen molar-refractivity contribution < 1.29 is 4.74 Å². The first-order valence-corrected chi connectivity index (χ1v) is 8.67. The Labute approximate surface area is 154 Å². The number of rotatable bonds is 7. The highest BCUT2D eigenvalue weighted by molar-refractivity contribution is 5.61. The fraction of sp³-hybridized carbons (Fsp3) is 0.238. The molecule has 0 aliphatic heterocycles. The third kappa shape index (κ3) is 4.51. The van der Waals surface area contributed by atoms with Crippen LogP contribution < -0.4 is 15.0 Å². The maximum atomic E-state index is 5.27. The number of aromatic nitrogens is 2. The molecular weight excluding hydrogens is 324 g/mol. The van der Waals surface area contributed by atoms with Gasteiger partial charge in [0.1, 0.15) is 23.2 Å². The maximum Gasteiger partial charge on any atom is 0.138 e. The molecule has 0 radical (unpaired) electrons. The van der Waals surface area contributed by atoms with Crippen molar-refractivity contribution in [2.75, 3.05) is 30.9 Å². The van der Waals surface area contributed by atoms with Crippen LogP contribution in [0.5, 0.6) is 5.75 Å². The highest BCUT2D eigenvalue weighted by atomic mass is 16.5. The van der Waals surface area contributed by atoms with E-state index in [4.69, 9.17) is 4.74 Å². The lowest BCUT2D eigenvalue weighted by atomic mass is 10.1. The molecule has 134 valence electrons. The van der Waals surface area contributed by atoms with Crippen LogP contribution in [0.3, 0.4) is 0 Å². The SMILES string of the molecule is COc1cccc(CCNc2cc(N(C)c3ccccc3)nc(C)n2)c1. The van der Waals surface area contributed by atoms with E-state index >= 15 is 0 Å². The topological polar surface area (TPSA) is 50.3 Å². The molecule has 5 nitrogen and oxygen atoms in total. The van der Waals surface area contributed by atoms with Gasteiger partial charge in [-0.05, 0) is 43.2 Å². The second-order valence-corrected chi connectivity index (χ2v) is 6.08. The molecule has 1 N–H and O–H groups in total. The molecule has 0 saturated heterocycles. The van der Waals surface area contributed by atoms with Crippen LogP contribution in [0, 0.1) is 6.92 Å². The van der Waals surface area contributed by atoms with Gasteiger partial charge < -0.3 is 15.0 Å². The fourth-order valence-electron chi connectivity index (χ4n) is 2.76. The van der Waals surface area contributed by atoms with E-state index in [1.54, 1.807) is 7.11 Å². The number of hydrogen-bond donors (Lipinski definition) is 1. The van der Waals surface area contributed by atoms with Crippen LogP contribution in [0.15, 0.2) is 60.7 Å². The molecule has 1 heterocycles. The Bertz CT molecular complexity index is 852. The average Bonchev–Trinajstić information content (AvgIpc) is 2.68. The minimum Gasteiger partial charge on any atom is -0.497 e. The average molecular weight is 348 g/mol. The van der Waals surface area contributed by atoms with Crippen molar-refractivity contribution in [3.63, 3.8) is 0 Å². The quantitative estimate of drug-likeness (QED) is 0.693. The number of nitrogens with one attached hydrogen (secondary N) is 1. The van der Waals surface area contributed by atoms with E-state index in [-0.39, 0.29) is 0 Å². The minimum atomic E-state index is 0.745. The largest absolute Gasteiger partial charge is 0.497 e. The van der Waals surface area contributed by atoms with Crippen molar-refractivity contribution in [2.24, 2.45) is 0 Å². The first-order valence-electron chi connectivity index (χ1n) is 8.67. The Kier molecular flexibility index (Phi) is 5.69. The van der Waals surface area contributed by atoms with E-state index in [0.29, 0.717) is 0 Å². The molecule has 0 amide bonds. The zero-order valence-corrected chi connectivity index (χ0v) is 15.4. The van der Waals surface area contributed by atoms with E-state index in [9.17, 15) is 0 Å². The summed E-state index contributed by atoms with van der Waals surface area (Å²) in [5.41, 5.74) is 2.32. The molecule has 5 heteroatoms. The number of hydrogen-bond acceptors (Lipinski definition) is 5. The van der Waals surface area contributed by atoms with Gasteiger partial charge in [0, 0.05) is 25.3 Å². The lowest BCUT2D eigenvalue weighted by Crippen LogP contribution is -2.14. The molecule has 0 bridgehead atoms. The molecule has 0 atom stereocenters. The summed E-state index contributed by atoms with van der Waals surface area (Å²) in [6.07, 6.45) is 0.893. The van der Waals surface area contributed by atoms with E-state index in [1.165, 1.54) is 5.56 Å². The van der Waals surface area contributed by atoms with E-state index in [2.05, 4.69) is 44.5 Å². The molecule has 3 rings (SSSR count). The lowest BCUT2D eigenvalue weighted by Gasteiger charge is -2.19. The first kappa shape index (κ1) is 17.7. The van der Waals surface area contributed by atoms with Crippen molar-refractivity contribution in [2.45, 2.75) is 13.3 Å². The summed E-state index contributed by atoms with van der Waals surface area (Å²) in [6.45, 7) is 2.70. The second kappa shape index (κ2) is 8.34. The van der Waals surface area contributed by atoms with Crippen LogP contribution in [-0.4, -0.2) is 30.7 Å². The highest BCUT2D eigenvalue weighted by Crippen LogP contribution is 2.23. The van der Waals surface area contributed by atoms with Crippen molar-refractivity contribution in [1.29, 1.82) is 0 Å². The van der Waals surface area contributed by atoms with Gasteiger partial charge in [-0.2, -0.15) is 0 Å². The van der Waals surface area contributed by atoms with Crippen LogP contribution in [0.1, 0.15) is 11.4 Å². The van der Waals surface area contributed by atoms with E-state index in [1.807, 2.05) is 50.4 Å². The Morgan fingerprint density at radius 3 is 2.58 bits per heavy atom. The number of methoxy groups -OCH3 is 1. The molecule has 0 saturated carbocycles. The smallest absolute Gasteiger partial charge is 0.138 e. The van der Waals surface area contributed by atoms with Gasteiger partial charge in [0.2, 0.25) is 0 Å². The molecule has 26 heavy (non-hydrogen) atoms. The minimum absolute atomic E-state index is 0.745. The Morgan fingerprint density at radius 1 is 1.00 bits per heavy atom. The van der Waals surface area contributed by atoms with Crippen molar-refractivity contribution in [3.05, 3.63) is 72.1 Å². The molecule has 1 aromatic heterocycles. The molecule has 0 aliphatic carbocycles. The van der Waals surface area contributed by atoms with Gasteiger partial charge >= 0.3 is 0 Å². The van der Waals surface area contributed by atoms with Crippen LogP contribution in [0.4, 0.5) is 17.3 Å². The second-order valence-electron chi connectivity index (χ2n) is 6.08. The summed E-state index contributed by atoms with van der Waals surface area (Å²) in [5.74, 6) is 3.33. The third-order valence-corrected chi connectivity index (χ3v) is 4.17. The summed E-state index contributed by atoms with van der Waals surface area (Å²) < 4.78 is 5.27. The van der Waals surface area contributed by atoms with Gasteiger partial charge in [0.25, 0.3) is 0 Å². The number of aryl methyl sites for hydroxylation is 1. The molecule has 0 unspecified atom stereocenters. The molecule has 3 aromatic rings. The normalized spacial score (nSPS) is 10.4. The molecular formula is C21H24N4O. The highest BCUT2D eigenvalue weighted by Gasteiger charge is 2.08. The number of ether oxygens (including phenoxy) is 1. The van der Waals surface area contributed by atoms with Gasteiger partial charge in [0.15, 0.2) is 0 Å². The number of para-hydroxylation sites is 1. The summed E-state index contributed by atoms with van der Waals surface area (Å²) in [7, 11) is 3.70. The zero-order chi connectivity index (χ0) is 18.4. The Morgan fingerprint density at radius 2 is 1.81 bits per heavy atom. The summed E-state index contributed by atoms with van der Waals surface area (Å²) in [4.78, 5) is 11.1. The van der Waals surface area contributed by atoms with Crippen LogP contribution in [0.2, 0.25) is 0 Å². The van der Waals surface area contributed by atoms with Crippen LogP contribution in [0.25, 0.3) is 0 Å². The zero-order valence-electron chi connectivity index (χ0n) is 15.4. The monoisotopic (exact) mass is 348 g/mol. The van der Waals surface area contributed by atoms with Gasteiger partial charge in [-0.15, -0.1) is 0 Å². The van der Waals surface area contributed by atoms with Crippen LogP contribution in [-0.2, 0) is 6.42 Å². The fourth-order valence-corrected chi connectivity index (χ4v) is 2.76. The number of anilines is 3. The van der Waals surface area contributed by atoms with Gasteiger partial charge in [0.05, 0.1) is 7.11 Å². The number of benzene rings is 2. The van der Waals surface area contributed by atoms with Crippen LogP contribution >= 0.6 is 0 Å². The lowest BCUT2D eigenvalue weighted by molar-refractivity contribution is 0.414. The first-order chi connectivity index (χ1) is 12.7. The van der Waals surface area contributed by atoms with Crippen molar-refractivity contribution in [1.82, 2.24) is 9.97 Å². The van der Waals surface area contributed by atoms with Crippen molar-refractivity contribution >= 4 is 17.3 Å².